The largest absolute Gasteiger partial charge is 0.497 e. The molecule has 1 aliphatic heterocycles. The first-order valence-corrected chi connectivity index (χ1v) is 11.5. The van der Waals surface area contributed by atoms with E-state index in [0.29, 0.717) is 37.2 Å². The van der Waals surface area contributed by atoms with E-state index in [1.807, 2.05) is 48.5 Å². The van der Waals surface area contributed by atoms with Crippen molar-refractivity contribution in [1.29, 1.82) is 0 Å². The van der Waals surface area contributed by atoms with Gasteiger partial charge in [0.05, 0.1) is 17.7 Å². The topological polar surface area (TPSA) is 75.7 Å². The molecule has 0 radical (unpaired) electrons. The number of methoxy groups -OCH3 is 1. The molecule has 31 heavy (non-hydrogen) atoms. The van der Waals surface area contributed by atoms with Crippen molar-refractivity contribution in [3.8, 4) is 5.75 Å². The fraction of sp³-hybridized carbons (Fsp3) is 0.208. The highest BCUT2D eigenvalue weighted by molar-refractivity contribution is 7.92. The van der Waals surface area contributed by atoms with Gasteiger partial charge in [0.2, 0.25) is 0 Å². The van der Waals surface area contributed by atoms with Crippen molar-refractivity contribution < 1.29 is 17.9 Å². The Bertz CT molecular complexity index is 1190. The number of carbonyl (C=O) groups excluding carboxylic acids is 1. The average Bonchev–Trinajstić information content (AvgIpc) is 3.24. The number of benzene rings is 3. The zero-order chi connectivity index (χ0) is 21.8. The van der Waals surface area contributed by atoms with Gasteiger partial charge in [-0.1, -0.05) is 36.4 Å². The highest BCUT2D eigenvalue weighted by Crippen LogP contribution is 2.32. The third-order valence-electron chi connectivity index (χ3n) is 5.39. The second-order valence-corrected chi connectivity index (χ2v) is 9.20. The molecule has 3 aromatic rings. The van der Waals surface area contributed by atoms with Gasteiger partial charge < -0.3 is 10.1 Å². The van der Waals surface area contributed by atoms with E-state index in [-0.39, 0.29) is 10.8 Å². The first kappa shape index (κ1) is 20.9. The average molecular weight is 437 g/mol. The smallest absolute Gasteiger partial charge is 0.264 e. The lowest BCUT2D eigenvalue weighted by Crippen LogP contribution is -2.30. The minimum atomic E-state index is -3.74. The van der Waals surface area contributed by atoms with Crippen molar-refractivity contribution in [3.05, 3.63) is 89.5 Å². The lowest BCUT2D eigenvalue weighted by molar-refractivity contribution is 0.0954. The van der Waals surface area contributed by atoms with Gasteiger partial charge in [0, 0.05) is 18.7 Å². The van der Waals surface area contributed by atoms with Crippen LogP contribution in [0.1, 0.15) is 21.5 Å². The normalized spacial score (nSPS) is 13.0. The van der Waals surface area contributed by atoms with Gasteiger partial charge in [-0.15, -0.1) is 0 Å². The Hall–Kier alpha value is -3.32. The van der Waals surface area contributed by atoms with Crippen molar-refractivity contribution in [3.63, 3.8) is 0 Å². The third-order valence-corrected chi connectivity index (χ3v) is 7.20. The van der Waals surface area contributed by atoms with Gasteiger partial charge in [0.1, 0.15) is 5.75 Å². The molecular formula is C24H24N2O4S. The van der Waals surface area contributed by atoms with E-state index in [1.54, 1.807) is 19.2 Å². The van der Waals surface area contributed by atoms with Crippen LogP contribution in [0.3, 0.4) is 0 Å². The standard InChI is InChI=1S/C24H24N2O4S/c1-30-21-11-9-18(10-12-21)13-15-25-24(27)20-6-4-7-22(17-20)31(28,29)26-16-14-19-5-2-3-8-23(19)26/h2-12,17H,13-16H2,1H3,(H,25,27). The highest BCUT2D eigenvalue weighted by atomic mass is 32.2. The van der Waals surface area contributed by atoms with Crippen molar-refractivity contribution in [2.24, 2.45) is 0 Å². The second-order valence-electron chi connectivity index (χ2n) is 7.34. The maximum Gasteiger partial charge on any atom is 0.264 e. The lowest BCUT2D eigenvalue weighted by Gasteiger charge is -2.20. The summed E-state index contributed by atoms with van der Waals surface area (Å²) in [5, 5.41) is 2.86. The number of nitrogens with one attached hydrogen (secondary N) is 1. The molecule has 6 nitrogen and oxygen atoms in total. The third kappa shape index (κ3) is 4.41. The quantitative estimate of drug-likeness (QED) is 0.616. The number of nitrogens with zero attached hydrogens (tertiary/aromatic N) is 1. The Morgan fingerprint density at radius 1 is 1.03 bits per heavy atom. The minimum Gasteiger partial charge on any atom is -0.497 e. The Balaban J connectivity index is 1.44. The van der Waals surface area contributed by atoms with Crippen LogP contribution in [0.2, 0.25) is 0 Å². The number of ether oxygens (including phenoxy) is 1. The Morgan fingerprint density at radius 2 is 1.81 bits per heavy atom. The van der Waals surface area contributed by atoms with Crippen LogP contribution in [0, 0.1) is 0 Å². The molecule has 1 N–H and O–H groups in total. The molecule has 0 bridgehead atoms. The number of para-hydroxylation sites is 1. The molecule has 4 rings (SSSR count). The zero-order valence-corrected chi connectivity index (χ0v) is 18.1. The van der Waals surface area contributed by atoms with Gasteiger partial charge in [-0.05, 0) is 60.4 Å². The van der Waals surface area contributed by atoms with Gasteiger partial charge in [-0.25, -0.2) is 8.42 Å². The fourth-order valence-electron chi connectivity index (χ4n) is 3.70. The van der Waals surface area contributed by atoms with Gasteiger partial charge >= 0.3 is 0 Å². The molecule has 0 saturated heterocycles. The molecule has 0 fully saturated rings. The minimum absolute atomic E-state index is 0.118. The SMILES string of the molecule is COc1ccc(CCNC(=O)c2cccc(S(=O)(=O)N3CCc4ccccc43)c2)cc1. The van der Waals surface area contributed by atoms with Crippen LogP contribution in [0.25, 0.3) is 0 Å². The van der Waals surface area contributed by atoms with Gasteiger partial charge in [-0.2, -0.15) is 0 Å². The van der Waals surface area contributed by atoms with Crippen molar-refractivity contribution in [2.75, 3.05) is 24.5 Å². The summed E-state index contributed by atoms with van der Waals surface area (Å²) in [7, 11) is -2.12. The number of anilines is 1. The summed E-state index contributed by atoms with van der Waals surface area (Å²) >= 11 is 0. The maximum atomic E-state index is 13.2. The molecule has 7 heteroatoms. The van der Waals surface area contributed by atoms with E-state index in [1.165, 1.54) is 16.4 Å². The van der Waals surface area contributed by atoms with E-state index in [9.17, 15) is 13.2 Å². The van der Waals surface area contributed by atoms with E-state index in [2.05, 4.69) is 5.32 Å². The van der Waals surface area contributed by atoms with Crippen LogP contribution in [-0.2, 0) is 22.9 Å². The van der Waals surface area contributed by atoms with Crippen LogP contribution >= 0.6 is 0 Å². The maximum absolute atomic E-state index is 13.2. The van der Waals surface area contributed by atoms with Crippen LogP contribution in [0.5, 0.6) is 5.75 Å². The van der Waals surface area contributed by atoms with E-state index in [4.69, 9.17) is 4.74 Å². The molecule has 0 unspecified atom stereocenters. The summed E-state index contributed by atoms with van der Waals surface area (Å²) in [5.74, 6) is 0.485. The number of rotatable bonds is 7. The van der Waals surface area contributed by atoms with Crippen LogP contribution in [-0.4, -0.2) is 34.5 Å². The summed E-state index contributed by atoms with van der Waals surface area (Å²) in [4.78, 5) is 12.7. The number of hydrogen-bond acceptors (Lipinski definition) is 4. The molecule has 0 atom stereocenters. The first-order valence-electron chi connectivity index (χ1n) is 10.1. The number of amides is 1. The molecule has 160 valence electrons. The molecule has 1 amide bonds. The number of fused-ring (bicyclic) bond motifs is 1. The van der Waals surface area contributed by atoms with Crippen molar-refractivity contribution in [1.82, 2.24) is 5.32 Å². The zero-order valence-electron chi connectivity index (χ0n) is 17.2. The van der Waals surface area contributed by atoms with Crippen LogP contribution < -0.4 is 14.4 Å². The molecular weight excluding hydrogens is 412 g/mol. The van der Waals surface area contributed by atoms with Gasteiger partial charge in [0.15, 0.2) is 0 Å². The first-order chi connectivity index (χ1) is 15.0. The molecule has 1 heterocycles. The van der Waals surface area contributed by atoms with Crippen LogP contribution in [0.15, 0.2) is 77.7 Å². The number of carbonyl (C=O) groups is 1. The summed E-state index contributed by atoms with van der Waals surface area (Å²) in [5.41, 5.74) is 3.11. The summed E-state index contributed by atoms with van der Waals surface area (Å²) in [6.45, 7) is 0.849. The van der Waals surface area contributed by atoms with Crippen LogP contribution in [0.4, 0.5) is 5.69 Å². The number of hydrogen-bond donors (Lipinski definition) is 1. The number of sulfonamides is 1. The Morgan fingerprint density at radius 3 is 2.58 bits per heavy atom. The summed E-state index contributed by atoms with van der Waals surface area (Å²) < 4.78 is 33.0. The Labute approximate surface area is 182 Å². The van der Waals surface area contributed by atoms with Crippen molar-refractivity contribution in [2.45, 2.75) is 17.7 Å². The molecule has 0 saturated carbocycles. The monoisotopic (exact) mass is 436 g/mol. The van der Waals surface area contributed by atoms with E-state index < -0.39 is 10.0 Å². The lowest BCUT2D eigenvalue weighted by atomic mass is 10.1. The van der Waals surface area contributed by atoms with Gasteiger partial charge in [-0.3, -0.25) is 9.10 Å². The highest BCUT2D eigenvalue weighted by Gasteiger charge is 2.30. The molecule has 1 aliphatic rings. The molecule has 0 aliphatic carbocycles. The van der Waals surface area contributed by atoms with Crippen molar-refractivity contribution >= 4 is 21.6 Å². The van der Waals surface area contributed by atoms with Gasteiger partial charge in [0.25, 0.3) is 15.9 Å². The summed E-state index contributed by atoms with van der Waals surface area (Å²) in [6, 6.07) is 21.4. The Kier molecular flexibility index (Phi) is 5.95. The predicted octanol–water partition coefficient (Wildman–Crippen LogP) is 3.42. The van der Waals surface area contributed by atoms with E-state index >= 15 is 0 Å². The predicted molar refractivity (Wildman–Crippen MR) is 120 cm³/mol. The second kappa shape index (κ2) is 8.81. The fourth-order valence-corrected chi connectivity index (χ4v) is 5.25. The van der Waals surface area contributed by atoms with E-state index in [0.717, 1.165) is 16.9 Å². The summed E-state index contributed by atoms with van der Waals surface area (Å²) in [6.07, 6.45) is 1.35. The molecule has 0 spiro atoms. The molecule has 3 aromatic carbocycles. The molecule has 0 aromatic heterocycles.